The van der Waals surface area contributed by atoms with Gasteiger partial charge in [-0.15, -0.1) is 0 Å². The number of hydrogen-bond acceptors (Lipinski definition) is 3. The molecule has 2 N–H and O–H groups in total. The van der Waals surface area contributed by atoms with Crippen molar-refractivity contribution in [3.05, 3.63) is 36.4 Å². The molecular formula is C22H33NO3S. The number of fused-ring (bicyclic) bond motifs is 1. The van der Waals surface area contributed by atoms with E-state index in [0.29, 0.717) is 17.7 Å². The molecule has 0 unspecified atom stereocenters. The summed E-state index contributed by atoms with van der Waals surface area (Å²) >= 11 is 0. The number of rotatable bonds is 13. The van der Waals surface area contributed by atoms with Crippen molar-refractivity contribution < 1.29 is 13.2 Å². The summed E-state index contributed by atoms with van der Waals surface area (Å²) in [5.41, 5.74) is 0. The van der Waals surface area contributed by atoms with Crippen molar-refractivity contribution in [2.75, 3.05) is 6.61 Å². The number of primary sulfonamides is 1. The highest BCUT2D eigenvalue weighted by Gasteiger charge is 2.14. The van der Waals surface area contributed by atoms with Crippen LogP contribution in [-0.2, 0) is 10.0 Å². The van der Waals surface area contributed by atoms with Crippen molar-refractivity contribution in [2.45, 2.75) is 76.0 Å². The fourth-order valence-corrected chi connectivity index (χ4v) is 4.13. The van der Waals surface area contributed by atoms with Crippen LogP contribution >= 0.6 is 0 Å². The van der Waals surface area contributed by atoms with Crippen LogP contribution in [0.3, 0.4) is 0 Å². The standard InChI is InChI=1S/C22H33NO3S/c1-2-3-4-5-6-7-8-9-10-13-18-26-21-16-17-22(27(23,24)25)20-15-12-11-14-19(20)21/h11-12,14-17H,2-10,13,18H2,1H3,(H2,23,24,25). The summed E-state index contributed by atoms with van der Waals surface area (Å²) in [6, 6.07) is 10.6. The van der Waals surface area contributed by atoms with Crippen molar-refractivity contribution in [3.63, 3.8) is 0 Å². The van der Waals surface area contributed by atoms with E-state index in [2.05, 4.69) is 6.92 Å². The number of benzene rings is 2. The molecule has 0 saturated heterocycles. The Labute approximate surface area is 164 Å². The Balaban J connectivity index is 1.75. The largest absolute Gasteiger partial charge is 0.493 e. The van der Waals surface area contributed by atoms with Gasteiger partial charge in [0.15, 0.2) is 0 Å². The quantitative estimate of drug-likeness (QED) is 0.440. The Morgan fingerprint density at radius 2 is 1.33 bits per heavy atom. The second-order valence-corrected chi connectivity index (χ2v) is 8.71. The summed E-state index contributed by atoms with van der Waals surface area (Å²) in [4.78, 5) is 0.143. The Morgan fingerprint density at radius 3 is 1.93 bits per heavy atom. The number of nitrogens with two attached hydrogens (primary N) is 1. The lowest BCUT2D eigenvalue weighted by Crippen LogP contribution is -2.12. The molecule has 0 bridgehead atoms. The van der Waals surface area contributed by atoms with Gasteiger partial charge in [-0.05, 0) is 18.6 Å². The van der Waals surface area contributed by atoms with E-state index in [1.54, 1.807) is 12.1 Å². The highest BCUT2D eigenvalue weighted by atomic mass is 32.2. The van der Waals surface area contributed by atoms with Crippen molar-refractivity contribution in [3.8, 4) is 5.75 Å². The molecule has 0 aliphatic rings. The summed E-state index contributed by atoms with van der Waals surface area (Å²) in [7, 11) is -3.75. The average molecular weight is 392 g/mol. The first-order valence-electron chi connectivity index (χ1n) is 10.2. The maximum Gasteiger partial charge on any atom is 0.238 e. The maximum absolute atomic E-state index is 11.8. The third-order valence-electron chi connectivity index (χ3n) is 4.91. The molecule has 2 aromatic rings. The van der Waals surface area contributed by atoms with E-state index in [9.17, 15) is 8.42 Å². The van der Waals surface area contributed by atoms with Crippen molar-refractivity contribution in [1.29, 1.82) is 0 Å². The van der Waals surface area contributed by atoms with E-state index in [4.69, 9.17) is 9.88 Å². The lowest BCUT2D eigenvalue weighted by molar-refractivity contribution is 0.307. The SMILES string of the molecule is CCCCCCCCCCCCOc1ccc(S(N)(=O)=O)c2ccccc12. The monoisotopic (exact) mass is 391 g/mol. The molecular weight excluding hydrogens is 358 g/mol. The van der Waals surface area contributed by atoms with E-state index in [1.165, 1.54) is 63.9 Å². The van der Waals surface area contributed by atoms with Crippen LogP contribution in [0.4, 0.5) is 0 Å². The van der Waals surface area contributed by atoms with E-state index < -0.39 is 10.0 Å². The number of hydrogen-bond donors (Lipinski definition) is 1. The molecule has 0 fully saturated rings. The predicted molar refractivity (Wildman–Crippen MR) is 113 cm³/mol. The molecule has 150 valence electrons. The first-order chi connectivity index (χ1) is 13.0. The zero-order valence-electron chi connectivity index (χ0n) is 16.5. The minimum Gasteiger partial charge on any atom is -0.493 e. The average Bonchev–Trinajstić information content (AvgIpc) is 2.65. The van der Waals surface area contributed by atoms with Gasteiger partial charge in [-0.1, -0.05) is 89.0 Å². The molecule has 2 rings (SSSR count). The molecule has 0 heterocycles. The number of sulfonamides is 1. The first-order valence-corrected chi connectivity index (χ1v) is 11.8. The lowest BCUT2D eigenvalue weighted by atomic mass is 10.1. The van der Waals surface area contributed by atoms with Gasteiger partial charge in [0, 0.05) is 10.8 Å². The first kappa shape index (κ1) is 21.7. The molecule has 2 aromatic carbocycles. The van der Waals surface area contributed by atoms with Crippen LogP contribution in [0.25, 0.3) is 10.8 Å². The fraction of sp³-hybridized carbons (Fsp3) is 0.545. The Kier molecular flexibility index (Phi) is 9.08. The summed E-state index contributed by atoms with van der Waals surface area (Å²) in [5, 5.41) is 6.72. The van der Waals surface area contributed by atoms with Gasteiger partial charge in [0.1, 0.15) is 5.75 Å². The molecule has 0 radical (unpaired) electrons. The normalized spacial score (nSPS) is 11.8. The second-order valence-electron chi connectivity index (χ2n) is 7.18. The van der Waals surface area contributed by atoms with E-state index >= 15 is 0 Å². The molecule has 0 aliphatic heterocycles. The van der Waals surface area contributed by atoms with E-state index in [-0.39, 0.29) is 4.90 Å². The summed E-state index contributed by atoms with van der Waals surface area (Å²) < 4.78 is 29.4. The van der Waals surface area contributed by atoms with Gasteiger partial charge in [0.25, 0.3) is 0 Å². The third-order valence-corrected chi connectivity index (χ3v) is 5.88. The van der Waals surface area contributed by atoms with Gasteiger partial charge in [0.05, 0.1) is 11.5 Å². The molecule has 0 atom stereocenters. The molecule has 0 aliphatic carbocycles. The highest BCUT2D eigenvalue weighted by molar-refractivity contribution is 7.89. The molecule has 27 heavy (non-hydrogen) atoms. The predicted octanol–water partition coefficient (Wildman–Crippen LogP) is 5.79. The summed E-state index contributed by atoms with van der Waals surface area (Å²) in [6.45, 7) is 2.90. The summed E-state index contributed by atoms with van der Waals surface area (Å²) in [6.07, 6.45) is 12.9. The highest BCUT2D eigenvalue weighted by Crippen LogP contribution is 2.30. The minimum atomic E-state index is -3.75. The maximum atomic E-state index is 11.8. The minimum absolute atomic E-state index is 0.143. The Morgan fingerprint density at radius 1 is 0.778 bits per heavy atom. The topological polar surface area (TPSA) is 69.4 Å². The van der Waals surface area contributed by atoms with Crippen LogP contribution in [0, 0.1) is 0 Å². The molecule has 0 amide bonds. The fourth-order valence-electron chi connectivity index (χ4n) is 3.39. The van der Waals surface area contributed by atoms with Gasteiger partial charge in [0.2, 0.25) is 10.0 Å². The van der Waals surface area contributed by atoms with Crippen LogP contribution in [0.5, 0.6) is 5.75 Å². The number of unbranched alkanes of at least 4 members (excludes halogenated alkanes) is 9. The molecule has 0 saturated carbocycles. The van der Waals surface area contributed by atoms with E-state index in [1.807, 2.05) is 18.2 Å². The van der Waals surface area contributed by atoms with Crippen LogP contribution < -0.4 is 9.88 Å². The second kappa shape index (κ2) is 11.3. The number of ether oxygens (including phenoxy) is 1. The van der Waals surface area contributed by atoms with Crippen molar-refractivity contribution in [2.24, 2.45) is 5.14 Å². The van der Waals surface area contributed by atoms with Gasteiger partial charge in [-0.3, -0.25) is 0 Å². The van der Waals surface area contributed by atoms with Crippen LogP contribution in [-0.4, -0.2) is 15.0 Å². The van der Waals surface area contributed by atoms with E-state index in [0.717, 1.165) is 11.8 Å². The zero-order chi connectivity index (χ0) is 19.5. The third kappa shape index (κ3) is 7.15. The van der Waals surface area contributed by atoms with Crippen molar-refractivity contribution >= 4 is 20.8 Å². The van der Waals surface area contributed by atoms with Gasteiger partial charge >= 0.3 is 0 Å². The smallest absolute Gasteiger partial charge is 0.238 e. The van der Waals surface area contributed by atoms with Gasteiger partial charge in [-0.2, -0.15) is 0 Å². The van der Waals surface area contributed by atoms with Crippen LogP contribution in [0.1, 0.15) is 71.1 Å². The molecule has 0 spiro atoms. The van der Waals surface area contributed by atoms with Gasteiger partial charge in [-0.25, -0.2) is 13.6 Å². The molecule has 0 aromatic heterocycles. The van der Waals surface area contributed by atoms with Crippen LogP contribution in [0.2, 0.25) is 0 Å². The Bertz CT molecular complexity index is 802. The summed E-state index contributed by atoms with van der Waals surface area (Å²) in [5.74, 6) is 0.717. The molecule has 5 heteroatoms. The Hall–Kier alpha value is -1.59. The van der Waals surface area contributed by atoms with Gasteiger partial charge < -0.3 is 4.74 Å². The van der Waals surface area contributed by atoms with Crippen molar-refractivity contribution in [1.82, 2.24) is 0 Å². The lowest BCUT2D eigenvalue weighted by Gasteiger charge is -2.11. The van der Waals surface area contributed by atoms with Crippen LogP contribution in [0.15, 0.2) is 41.3 Å². The molecule has 4 nitrogen and oxygen atoms in total. The zero-order valence-corrected chi connectivity index (χ0v) is 17.3.